The minimum atomic E-state index is 0.362. The van der Waals surface area contributed by atoms with Gasteiger partial charge in [-0.05, 0) is 36.4 Å². The highest BCUT2D eigenvalue weighted by molar-refractivity contribution is 6.31. The molecule has 5 heteroatoms. The average molecular weight is 341 g/mol. The van der Waals surface area contributed by atoms with Crippen LogP contribution in [0.25, 0.3) is 10.9 Å². The van der Waals surface area contributed by atoms with Crippen LogP contribution < -0.4 is 0 Å². The molecule has 24 heavy (non-hydrogen) atoms. The first-order chi connectivity index (χ1) is 11.6. The van der Waals surface area contributed by atoms with Crippen molar-refractivity contribution < 1.29 is 0 Å². The largest absolute Gasteiger partial charge is 0.344 e. The Balaban J connectivity index is 1.80. The maximum absolute atomic E-state index is 6.27. The molecule has 1 aliphatic rings. The van der Waals surface area contributed by atoms with Crippen molar-refractivity contribution >= 4 is 22.5 Å². The summed E-state index contributed by atoms with van der Waals surface area (Å²) in [6.45, 7) is 5.26. The van der Waals surface area contributed by atoms with Gasteiger partial charge in [0.05, 0.1) is 0 Å². The van der Waals surface area contributed by atoms with Crippen molar-refractivity contribution in [3.8, 4) is 0 Å². The molecule has 1 unspecified atom stereocenters. The number of aromatic nitrogens is 3. The van der Waals surface area contributed by atoms with E-state index in [0.29, 0.717) is 5.92 Å². The predicted octanol–water partition coefficient (Wildman–Crippen LogP) is 3.88. The van der Waals surface area contributed by atoms with Crippen LogP contribution >= 0.6 is 11.6 Å². The molecule has 0 N–H and O–H groups in total. The second kappa shape index (κ2) is 6.19. The fraction of sp³-hybridized carbons (Fsp3) is 0.368. The topological polar surface area (TPSA) is 34.0 Å². The molecule has 2 aromatic heterocycles. The van der Waals surface area contributed by atoms with Crippen LogP contribution in [0.4, 0.5) is 0 Å². The molecular weight excluding hydrogens is 320 g/mol. The van der Waals surface area contributed by atoms with E-state index in [0.717, 1.165) is 31.1 Å². The molecule has 4 nitrogen and oxygen atoms in total. The Morgan fingerprint density at radius 2 is 2.04 bits per heavy atom. The fourth-order valence-electron chi connectivity index (χ4n) is 3.71. The van der Waals surface area contributed by atoms with Crippen LogP contribution in [0.15, 0.2) is 36.9 Å². The van der Waals surface area contributed by atoms with Crippen molar-refractivity contribution in [3.05, 3.63) is 58.8 Å². The van der Waals surface area contributed by atoms with Gasteiger partial charge in [-0.3, -0.25) is 0 Å². The lowest BCUT2D eigenvalue weighted by Gasteiger charge is -2.25. The first kappa shape index (κ1) is 15.6. The molecule has 1 aliphatic heterocycles. The van der Waals surface area contributed by atoms with Gasteiger partial charge < -0.3 is 9.47 Å². The summed E-state index contributed by atoms with van der Waals surface area (Å²) in [5.74, 6) is 0.362. The SMILES string of the molecule is CC(Cn1c2c(c3cc(Cl)ccc31)CN(C)CC2)c1cncnc1. The monoisotopic (exact) mass is 340 g/mol. The van der Waals surface area contributed by atoms with E-state index in [1.54, 1.807) is 6.33 Å². The van der Waals surface area contributed by atoms with Crippen LogP contribution in [-0.4, -0.2) is 33.0 Å². The summed E-state index contributed by atoms with van der Waals surface area (Å²) < 4.78 is 2.48. The van der Waals surface area contributed by atoms with Gasteiger partial charge in [0.1, 0.15) is 6.33 Å². The van der Waals surface area contributed by atoms with E-state index in [-0.39, 0.29) is 0 Å². The second-order valence-electron chi connectivity index (χ2n) is 6.76. The lowest BCUT2D eigenvalue weighted by atomic mass is 10.0. The number of rotatable bonds is 3. The minimum Gasteiger partial charge on any atom is -0.344 e. The van der Waals surface area contributed by atoms with E-state index in [9.17, 15) is 0 Å². The molecule has 1 aromatic carbocycles. The van der Waals surface area contributed by atoms with Gasteiger partial charge in [-0.25, -0.2) is 9.97 Å². The number of nitrogens with zero attached hydrogens (tertiary/aromatic N) is 4. The number of hydrogen-bond donors (Lipinski definition) is 0. The van der Waals surface area contributed by atoms with E-state index in [2.05, 4.69) is 45.5 Å². The predicted molar refractivity (Wildman–Crippen MR) is 97.4 cm³/mol. The van der Waals surface area contributed by atoms with Crippen LogP contribution in [-0.2, 0) is 19.5 Å². The van der Waals surface area contributed by atoms with Crippen molar-refractivity contribution in [2.24, 2.45) is 0 Å². The van der Waals surface area contributed by atoms with Crippen LogP contribution in [0.3, 0.4) is 0 Å². The lowest BCUT2D eigenvalue weighted by Crippen LogP contribution is -2.27. The first-order valence-electron chi connectivity index (χ1n) is 8.36. The highest BCUT2D eigenvalue weighted by Crippen LogP contribution is 2.33. The molecule has 0 saturated heterocycles. The van der Waals surface area contributed by atoms with Crippen LogP contribution in [0.5, 0.6) is 0 Å². The van der Waals surface area contributed by atoms with Crippen molar-refractivity contribution in [1.29, 1.82) is 0 Å². The normalized spacial score (nSPS) is 16.3. The molecular formula is C19H21ClN4. The number of halogens is 1. The number of likely N-dealkylation sites (N-methyl/N-ethyl adjacent to an activating group) is 1. The zero-order chi connectivity index (χ0) is 16.7. The highest BCUT2D eigenvalue weighted by Gasteiger charge is 2.23. The van der Waals surface area contributed by atoms with Gasteiger partial charge in [0.25, 0.3) is 0 Å². The molecule has 0 aliphatic carbocycles. The Morgan fingerprint density at radius 3 is 2.83 bits per heavy atom. The van der Waals surface area contributed by atoms with Crippen LogP contribution in [0.2, 0.25) is 5.02 Å². The number of benzene rings is 1. The Morgan fingerprint density at radius 1 is 1.25 bits per heavy atom. The van der Waals surface area contributed by atoms with E-state index in [1.807, 2.05) is 18.5 Å². The van der Waals surface area contributed by atoms with Gasteiger partial charge in [0.2, 0.25) is 0 Å². The molecule has 0 radical (unpaired) electrons. The molecule has 0 amide bonds. The third-order valence-corrected chi connectivity index (χ3v) is 5.25. The van der Waals surface area contributed by atoms with Crippen LogP contribution in [0, 0.1) is 0 Å². The average Bonchev–Trinajstić information content (AvgIpc) is 2.88. The Bertz CT molecular complexity index is 872. The molecule has 0 fully saturated rings. The summed E-state index contributed by atoms with van der Waals surface area (Å²) in [5.41, 5.74) is 5.34. The first-order valence-corrected chi connectivity index (χ1v) is 8.74. The second-order valence-corrected chi connectivity index (χ2v) is 7.19. The van der Waals surface area contributed by atoms with Crippen molar-refractivity contribution in [3.63, 3.8) is 0 Å². The molecule has 0 saturated carbocycles. The number of hydrogen-bond acceptors (Lipinski definition) is 3. The lowest BCUT2D eigenvalue weighted by molar-refractivity contribution is 0.308. The van der Waals surface area contributed by atoms with Crippen molar-refractivity contribution in [1.82, 2.24) is 19.4 Å². The summed E-state index contributed by atoms with van der Waals surface area (Å²) in [6.07, 6.45) is 6.50. The summed E-state index contributed by atoms with van der Waals surface area (Å²) in [4.78, 5) is 10.7. The third-order valence-electron chi connectivity index (χ3n) is 5.01. The molecule has 3 aromatic rings. The smallest absolute Gasteiger partial charge is 0.115 e. The fourth-order valence-corrected chi connectivity index (χ4v) is 3.88. The zero-order valence-electron chi connectivity index (χ0n) is 14.0. The van der Waals surface area contributed by atoms with Gasteiger partial charge >= 0.3 is 0 Å². The maximum Gasteiger partial charge on any atom is 0.115 e. The maximum atomic E-state index is 6.27. The van der Waals surface area contributed by atoms with E-state index >= 15 is 0 Å². The summed E-state index contributed by atoms with van der Waals surface area (Å²) in [5, 5.41) is 2.10. The van der Waals surface area contributed by atoms with E-state index < -0.39 is 0 Å². The van der Waals surface area contributed by atoms with Crippen molar-refractivity contribution in [2.75, 3.05) is 13.6 Å². The molecule has 124 valence electrons. The van der Waals surface area contributed by atoms with E-state index in [4.69, 9.17) is 11.6 Å². The summed E-state index contributed by atoms with van der Waals surface area (Å²) in [6, 6.07) is 6.26. The van der Waals surface area contributed by atoms with Gasteiger partial charge in [-0.1, -0.05) is 18.5 Å². The molecule has 4 rings (SSSR count). The van der Waals surface area contributed by atoms with Crippen LogP contribution in [0.1, 0.15) is 29.7 Å². The molecule has 1 atom stereocenters. The third kappa shape index (κ3) is 2.70. The quantitative estimate of drug-likeness (QED) is 0.725. The zero-order valence-corrected chi connectivity index (χ0v) is 14.8. The Hall–Kier alpha value is -1.91. The Kier molecular flexibility index (Phi) is 4.02. The molecule has 3 heterocycles. The number of fused-ring (bicyclic) bond motifs is 3. The van der Waals surface area contributed by atoms with Gasteiger partial charge in [0.15, 0.2) is 0 Å². The van der Waals surface area contributed by atoms with Gasteiger partial charge in [0, 0.05) is 66.0 Å². The molecule has 0 bridgehead atoms. The van der Waals surface area contributed by atoms with Gasteiger partial charge in [-0.15, -0.1) is 0 Å². The van der Waals surface area contributed by atoms with E-state index in [1.165, 1.54) is 27.7 Å². The minimum absolute atomic E-state index is 0.362. The van der Waals surface area contributed by atoms with Crippen molar-refractivity contribution in [2.45, 2.75) is 32.4 Å². The molecule has 0 spiro atoms. The summed E-state index contributed by atoms with van der Waals surface area (Å²) >= 11 is 6.27. The highest BCUT2D eigenvalue weighted by atomic mass is 35.5. The van der Waals surface area contributed by atoms with Gasteiger partial charge in [-0.2, -0.15) is 0 Å². The standard InChI is InChI=1S/C19H21ClN4/c1-13(14-8-21-12-22-9-14)10-24-18-4-3-15(20)7-16(18)17-11-23(2)6-5-19(17)24/h3-4,7-9,12-13H,5-6,10-11H2,1-2H3. The Labute approximate surface area is 147 Å². The summed E-state index contributed by atoms with van der Waals surface area (Å²) in [7, 11) is 2.18.